The number of benzene rings is 1. The third-order valence-electron chi connectivity index (χ3n) is 5.42. The number of pyridine rings is 1. The molecule has 0 unspecified atom stereocenters. The van der Waals surface area contributed by atoms with Crippen molar-refractivity contribution in [1.82, 2.24) is 9.47 Å². The highest BCUT2D eigenvalue weighted by Crippen LogP contribution is 2.26. The number of carboxylic acid groups (broad SMARTS) is 1. The summed E-state index contributed by atoms with van der Waals surface area (Å²) < 4.78 is 47.1. The molecule has 1 aromatic heterocycles. The predicted molar refractivity (Wildman–Crippen MR) is 121 cm³/mol. The minimum Gasteiger partial charge on any atom is -0.475 e. The molecule has 1 aliphatic rings. The summed E-state index contributed by atoms with van der Waals surface area (Å²) >= 11 is 3.28. The molecule has 0 saturated carbocycles. The number of nitrogens with zero attached hydrogens (tertiary/aromatic N) is 2. The second-order valence-corrected chi connectivity index (χ2v) is 8.76. The van der Waals surface area contributed by atoms with E-state index in [1.807, 2.05) is 31.2 Å². The van der Waals surface area contributed by atoms with Crippen molar-refractivity contribution in [3.63, 3.8) is 0 Å². The number of alkyl halides is 4. The van der Waals surface area contributed by atoms with E-state index in [-0.39, 0.29) is 23.9 Å². The van der Waals surface area contributed by atoms with Gasteiger partial charge in [-0.3, -0.25) is 9.59 Å². The molecular weight excluding hydrogens is 526 g/mol. The van der Waals surface area contributed by atoms with Crippen LogP contribution in [0.15, 0.2) is 45.8 Å². The second-order valence-electron chi connectivity index (χ2n) is 7.90. The molecular formula is C22H24BrF4N3O4. The van der Waals surface area contributed by atoms with Gasteiger partial charge >= 0.3 is 12.1 Å². The number of nitrogens with two attached hydrogens (primary N) is 1. The number of hydrogen-bond acceptors (Lipinski definition) is 4. The van der Waals surface area contributed by atoms with Crippen molar-refractivity contribution in [3.05, 3.63) is 56.9 Å². The van der Waals surface area contributed by atoms with Crippen LogP contribution in [0.5, 0.6) is 0 Å². The smallest absolute Gasteiger partial charge is 0.475 e. The van der Waals surface area contributed by atoms with Crippen molar-refractivity contribution in [1.29, 1.82) is 0 Å². The van der Waals surface area contributed by atoms with Crippen LogP contribution in [0.25, 0.3) is 11.1 Å². The molecule has 0 aliphatic carbocycles. The summed E-state index contributed by atoms with van der Waals surface area (Å²) in [7, 11) is 1.71. The molecule has 186 valence electrons. The highest BCUT2D eigenvalue weighted by molar-refractivity contribution is 9.10. The molecule has 1 aliphatic heterocycles. The van der Waals surface area contributed by atoms with Gasteiger partial charge in [-0.2, -0.15) is 13.2 Å². The van der Waals surface area contributed by atoms with E-state index >= 15 is 0 Å². The summed E-state index contributed by atoms with van der Waals surface area (Å²) in [4.78, 5) is 34.7. The Morgan fingerprint density at radius 2 is 1.76 bits per heavy atom. The van der Waals surface area contributed by atoms with Crippen molar-refractivity contribution in [3.8, 4) is 11.1 Å². The molecule has 1 aromatic carbocycles. The van der Waals surface area contributed by atoms with E-state index < -0.39 is 24.4 Å². The van der Waals surface area contributed by atoms with Crippen LogP contribution in [-0.2, 0) is 16.6 Å². The first-order valence-corrected chi connectivity index (χ1v) is 11.0. The number of aryl methyl sites for hydroxylation is 1. The number of aliphatic carboxylic acids is 1. The molecule has 1 saturated heterocycles. The van der Waals surface area contributed by atoms with Gasteiger partial charge in [0.15, 0.2) is 0 Å². The molecule has 2 aromatic rings. The SMILES string of the molecule is C[C@@H](c1ccc(-c2cc(Br)c(=O)n(C)c2)cc1)[C@H](N)C(=O)N1CC[C@H](F)C1.O=C(O)C(F)(F)F. The zero-order valence-corrected chi connectivity index (χ0v) is 19.9. The summed E-state index contributed by atoms with van der Waals surface area (Å²) in [5.41, 5.74) is 8.89. The van der Waals surface area contributed by atoms with Gasteiger partial charge in [0.2, 0.25) is 5.91 Å². The van der Waals surface area contributed by atoms with Gasteiger partial charge in [-0.05, 0) is 45.1 Å². The number of amides is 1. The molecule has 12 heteroatoms. The van der Waals surface area contributed by atoms with Gasteiger partial charge in [-0.15, -0.1) is 0 Å². The Bertz CT molecular complexity index is 1060. The third-order valence-corrected chi connectivity index (χ3v) is 5.99. The normalized spacial score (nSPS) is 17.5. The van der Waals surface area contributed by atoms with E-state index in [1.54, 1.807) is 19.3 Å². The topological polar surface area (TPSA) is 106 Å². The first-order valence-electron chi connectivity index (χ1n) is 10.2. The largest absolute Gasteiger partial charge is 0.490 e. The number of carbonyl (C=O) groups is 2. The summed E-state index contributed by atoms with van der Waals surface area (Å²) in [5, 5.41) is 7.12. The summed E-state index contributed by atoms with van der Waals surface area (Å²) in [6, 6.07) is 8.86. The van der Waals surface area contributed by atoms with E-state index in [0.29, 0.717) is 17.4 Å². The lowest BCUT2D eigenvalue weighted by atomic mass is 9.91. The summed E-state index contributed by atoms with van der Waals surface area (Å²) in [5.74, 6) is -3.14. The Labute approximate surface area is 201 Å². The Morgan fingerprint density at radius 1 is 1.21 bits per heavy atom. The molecule has 0 bridgehead atoms. The highest BCUT2D eigenvalue weighted by Gasteiger charge is 2.38. The molecule has 3 rings (SSSR count). The van der Waals surface area contributed by atoms with Gasteiger partial charge in [0.25, 0.3) is 5.56 Å². The maximum absolute atomic E-state index is 13.3. The van der Waals surface area contributed by atoms with Gasteiger partial charge in [-0.25, -0.2) is 9.18 Å². The van der Waals surface area contributed by atoms with E-state index in [4.69, 9.17) is 15.6 Å². The fourth-order valence-electron chi connectivity index (χ4n) is 3.36. The van der Waals surface area contributed by atoms with Crippen molar-refractivity contribution in [2.75, 3.05) is 13.1 Å². The molecule has 3 atom stereocenters. The van der Waals surface area contributed by atoms with Crippen molar-refractivity contribution >= 4 is 27.8 Å². The fourth-order valence-corrected chi connectivity index (χ4v) is 3.88. The van der Waals surface area contributed by atoms with Crippen LogP contribution in [0, 0.1) is 0 Å². The predicted octanol–water partition coefficient (Wildman–Crippen LogP) is 3.45. The molecule has 3 N–H and O–H groups in total. The summed E-state index contributed by atoms with van der Waals surface area (Å²) in [6.07, 6.45) is -3.87. The van der Waals surface area contributed by atoms with Gasteiger partial charge in [-0.1, -0.05) is 31.2 Å². The van der Waals surface area contributed by atoms with Gasteiger partial charge in [0.05, 0.1) is 17.1 Å². The number of rotatable bonds is 4. The first kappa shape index (κ1) is 27.5. The van der Waals surface area contributed by atoms with Crippen LogP contribution >= 0.6 is 15.9 Å². The molecule has 7 nitrogen and oxygen atoms in total. The zero-order valence-electron chi connectivity index (χ0n) is 18.4. The maximum Gasteiger partial charge on any atom is 0.490 e. The number of halogens is 5. The molecule has 1 amide bonds. The monoisotopic (exact) mass is 549 g/mol. The minimum absolute atomic E-state index is 0.0918. The third kappa shape index (κ3) is 6.89. The van der Waals surface area contributed by atoms with E-state index in [9.17, 15) is 27.2 Å². The number of carboxylic acids is 1. The van der Waals surface area contributed by atoms with Gasteiger partial charge in [0.1, 0.15) is 6.17 Å². The zero-order chi connectivity index (χ0) is 25.8. The van der Waals surface area contributed by atoms with Crippen LogP contribution in [0.1, 0.15) is 24.8 Å². The standard InChI is InChI=1S/C20H23BrFN3O2.C2HF3O2/c1-12(18(23)20(27)25-8-7-16(22)11-25)13-3-5-14(6-4-13)15-9-17(21)19(26)24(2)10-15;3-2(4,5)1(6)7/h3-6,9-10,12,16,18H,7-8,11,23H2,1-2H3;(H,6,7)/t12-,16-,18-;/m0./s1. The lowest BCUT2D eigenvalue weighted by Gasteiger charge is -2.25. The molecule has 1 fully saturated rings. The maximum atomic E-state index is 13.3. The van der Waals surface area contributed by atoms with Crippen LogP contribution < -0.4 is 11.3 Å². The number of carbonyl (C=O) groups excluding carboxylic acids is 1. The number of hydrogen-bond donors (Lipinski definition) is 2. The van der Waals surface area contributed by atoms with E-state index in [2.05, 4.69) is 15.9 Å². The highest BCUT2D eigenvalue weighted by atomic mass is 79.9. The number of aromatic nitrogens is 1. The van der Waals surface area contributed by atoms with Crippen LogP contribution in [0.4, 0.5) is 17.6 Å². The number of likely N-dealkylation sites (tertiary alicyclic amines) is 1. The fraction of sp³-hybridized carbons (Fsp3) is 0.409. The molecule has 2 heterocycles. The van der Waals surface area contributed by atoms with Crippen molar-refractivity contribution in [2.24, 2.45) is 12.8 Å². The van der Waals surface area contributed by atoms with E-state index in [0.717, 1.165) is 16.7 Å². The Hall–Kier alpha value is -2.73. The Kier molecular flexibility index (Phi) is 9.01. The molecule has 0 radical (unpaired) electrons. The van der Waals surface area contributed by atoms with Crippen molar-refractivity contribution < 1.29 is 32.3 Å². The lowest BCUT2D eigenvalue weighted by molar-refractivity contribution is -0.192. The average Bonchev–Trinajstić information content (AvgIpc) is 3.21. The van der Waals surface area contributed by atoms with Crippen LogP contribution in [0.3, 0.4) is 0 Å². The second kappa shape index (κ2) is 11.1. The van der Waals surface area contributed by atoms with Gasteiger partial charge < -0.3 is 20.3 Å². The average molecular weight is 550 g/mol. The Morgan fingerprint density at radius 3 is 2.21 bits per heavy atom. The first-order chi connectivity index (χ1) is 15.7. The van der Waals surface area contributed by atoms with Gasteiger partial charge in [0, 0.05) is 25.7 Å². The van der Waals surface area contributed by atoms with E-state index in [1.165, 1.54) is 9.47 Å². The van der Waals surface area contributed by atoms with Crippen LogP contribution in [-0.4, -0.2) is 57.9 Å². The van der Waals surface area contributed by atoms with Crippen molar-refractivity contribution in [2.45, 2.75) is 37.7 Å². The summed E-state index contributed by atoms with van der Waals surface area (Å²) in [6.45, 7) is 2.48. The minimum atomic E-state index is -5.08. The lowest BCUT2D eigenvalue weighted by Crippen LogP contribution is -2.45. The molecule has 34 heavy (non-hydrogen) atoms. The Balaban J connectivity index is 0.000000509. The quantitative estimate of drug-likeness (QED) is 0.568. The molecule has 0 spiro atoms. The van der Waals surface area contributed by atoms with Crippen LogP contribution in [0.2, 0.25) is 0 Å².